The lowest BCUT2D eigenvalue weighted by molar-refractivity contribution is -0.0277. The minimum absolute atomic E-state index is 0.129. The fourth-order valence-electron chi connectivity index (χ4n) is 2.63. The first-order valence-corrected chi connectivity index (χ1v) is 7.40. The highest BCUT2D eigenvalue weighted by atomic mass is 19.1. The molecule has 0 radical (unpaired) electrons. The predicted octanol–water partition coefficient (Wildman–Crippen LogP) is 2.94. The van der Waals surface area contributed by atoms with E-state index >= 15 is 0 Å². The van der Waals surface area contributed by atoms with Crippen molar-refractivity contribution >= 4 is 5.69 Å². The molecule has 2 rings (SSSR count). The van der Waals surface area contributed by atoms with Gasteiger partial charge in [0.25, 0.3) is 0 Å². The minimum Gasteiger partial charge on any atom is -0.372 e. The Kier molecular flexibility index (Phi) is 5.00. The first kappa shape index (κ1) is 15.3. The molecule has 1 saturated heterocycles. The Morgan fingerprint density at radius 1 is 1.40 bits per heavy atom. The number of nitrogens with zero attached hydrogens (tertiary/aromatic N) is 1. The van der Waals surface area contributed by atoms with Gasteiger partial charge in [-0.05, 0) is 38.9 Å². The van der Waals surface area contributed by atoms with Gasteiger partial charge in [0.15, 0.2) is 0 Å². The molecule has 0 bridgehead atoms. The smallest absolute Gasteiger partial charge is 0.129 e. The Hall–Kier alpha value is -1.13. The van der Waals surface area contributed by atoms with Crippen LogP contribution in [0.3, 0.4) is 0 Å². The van der Waals surface area contributed by atoms with Gasteiger partial charge in [-0.2, -0.15) is 0 Å². The summed E-state index contributed by atoms with van der Waals surface area (Å²) in [7, 11) is 0. The molecule has 0 aliphatic carbocycles. The number of halogens is 1. The van der Waals surface area contributed by atoms with Gasteiger partial charge in [0.2, 0.25) is 0 Å². The van der Waals surface area contributed by atoms with Gasteiger partial charge < -0.3 is 15.0 Å². The monoisotopic (exact) mass is 280 g/mol. The number of morpholine rings is 1. The maximum atomic E-state index is 14.1. The van der Waals surface area contributed by atoms with E-state index in [4.69, 9.17) is 4.74 Å². The van der Waals surface area contributed by atoms with Gasteiger partial charge in [-0.15, -0.1) is 0 Å². The largest absolute Gasteiger partial charge is 0.372 e. The van der Waals surface area contributed by atoms with Gasteiger partial charge >= 0.3 is 0 Å². The fraction of sp³-hybridized carbons (Fsp3) is 0.625. The molecular formula is C16H25FN2O. The quantitative estimate of drug-likeness (QED) is 0.839. The average Bonchev–Trinajstić information content (AvgIpc) is 2.39. The third-order valence-corrected chi connectivity index (χ3v) is 3.59. The van der Waals surface area contributed by atoms with Crippen LogP contribution in [-0.4, -0.2) is 31.8 Å². The van der Waals surface area contributed by atoms with Gasteiger partial charge in [0, 0.05) is 30.9 Å². The summed E-state index contributed by atoms with van der Waals surface area (Å²) in [6, 6.07) is 5.34. The summed E-state index contributed by atoms with van der Waals surface area (Å²) < 4.78 is 19.9. The lowest BCUT2D eigenvalue weighted by Gasteiger charge is -2.40. The number of nitrogens with one attached hydrogen (secondary N) is 1. The summed E-state index contributed by atoms with van der Waals surface area (Å²) >= 11 is 0. The highest BCUT2D eigenvalue weighted by Crippen LogP contribution is 2.27. The van der Waals surface area contributed by atoms with Crippen molar-refractivity contribution in [3.63, 3.8) is 0 Å². The van der Waals surface area contributed by atoms with E-state index in [0.29, 0.717) is 13.2 Å². The van der Waals surface area contributed by atoms with E-state index in [9.17, 15) is 4.39 Å². The van der Waals surface area contributed by atoms with E-state index in [0.717, 1.165) is 37.3 Å². The molecule has 1 aliphatic rings. The first-order valence-electron chi connectivity index (χ1n) is 7.40. The fourth-order valence-corrected chi connectivity index (χ4v) is 2.63. The molecule has 1 aromatic rings. The summed E-state index contributed by atoms with van der Waals surface area (Å²) in [5, 5.41) is 3.29. The zero-order valence-electron chi connectivity index (χ0n) is 12.7. The molecule has 1 fully saturated rings. The van der Waals surface area contributed by atoms with E-state index < -0.39 is 0 Å². The summed E-state index contributed by atoms with van der Waals surface area (Å²) in [6.45, 7) is 10.0. The molecule has 20 heavy (non-hydrogen) atoms. The summed E-state index contributed by atoms with van der Waals surface area (Å²) in [5.74, 6) is -0.129. The van der Waals surface area contributed by atoms with Crippen molar-refractivity contribution in [3.8, 4) is 0 Å². The SMILES string of the molecule is CCCNCc1c(F)cccc1N1CCOC(C)(C)C1. The Morgan fingerprint density at radius 2 is 2.20 bits per heavy atom. The topological polar surface area (TPSA) is 24.5 Å². The Morgan fingerprint density at radius 3 is 2.90 bits per heavy atom. The molecule has 3 nitrogen and oxygen atoms in total. The third kappa shape index (κ3) is 3.70. The molecular weight excluding hydrogens is 255 g/mol. The third-order valence-electron chi connectivity index (χ3n) is 3.59. The number of ether oxygens (including phenoxy) is 1. The van der Waals surface area contributed by atoms with Crippen molar-refractivity contribution in [2.24, 2.45) is 0 Å². The highest BCUT2D eigenvalue weighted by Gasteiger charge is 2.28. The predicted molar refractivity (Wildman–Crippen MR) is 80.6 cm³/mol. The van der Waals surface area contributed by atoms with E-state index in [-0.39, 0.29) is 11.4 Å². The van der Waals surface area contributed by atoms with Gasteiger partial charge in [0.1, 0.15) is 5.82 Å². The minimum atomic E-state index is -0.182. The number of hydrogen-bond donors (Lipinski definition) is 1. The van der Waals surface area contributed by atoms with Crippen molar-refractivity contribution in [1.82, 2.24) is 5.32 Å². The van der Waals surface area contributed by atoms with E-state index in [1.807, 2.05) is 6.07 Å². The number of anilines is 1. The molecule has 0 saturated carbocycles. The molecule has 0 spiro atoms. The summed E-state index contributed by atoms with van der Waals surface area (Å²) in [6.07, 6.45) is 1.05. The van der Waals surface area contributed by atoms with Crippen LogP contribution in [-0.2, 0) is 11.3 Å². The van der Waals surface area contributed by atoms with E-state index in [1.54, 1.807) is 6.07 Å². The Labute approximate surface area is 121 Å². The van der Waals surface area contributed by atoms with Crippen LogP contribution >= 0.6 is 0 Å². The lowest BCUT2D eigenvalue weighted by Crippen LogP contribution is -2.48. The zero-order valence-corrected chi connectivity index (χ0v) is 12.7. The van der Waals surface area contributed by atoms with Crippen molar-refractivity contribution in [3.05, 3.63) is 29.6 Å². The molecule has 4 heteroatoms. The molecule has 0 atom stereocenters. The van der Waals surface area contributed by atoms with Gasteiger partial charge in [-0.3, -0.25) is 0 Å². The summed E-state index contributed by atoms with van der Waals surface area (Å²) in [5.41, 5.74) is 1.57. The molecule has 0 unspecified atom stereocenters. The van der Waals surface area contributed by atoms with E-state index in [1.165, 1.54) is 6.07 Å². The number of hydrogen-bond acceptors (Lipinski definition) is 3. The van der Waals surface area contributed by atoms with E-state index in [2.05, 4.69) is 31.0 Å². The second kappa shape index (κ2) is 6.55. The molecule has 1 heterocycles. The van der Waals surface area contributed by atoms with Crippen molar-refractivity contribution in [1.29, 1.82) is 0 Å². The van der Waals surface area contributed by atoms with Crippen LogP contribution < -0.4 is 10.2 Å². The van der Waals surface area contributed by atoms with Crippen LogP contribution in [0.5, 0.6) is 0 Å². The zero-order chi connectivity index (χ0) is 14.6. The van der Waals surface area contributed by atoms with Crippen molar-refractivity contribution in [2.75, 3.05) is 31.1 Å². The molecule has 0 amide bonds. The lowest BCUT2D eigenvalue weighted by atomic mass is 10.0. The second-order valence-corrected chi connectivity index (χ2v) is 5.94. The normalized spacial score (nSPS) is 18.3. The van der Waals surface area contributed by atoms with Gasteiger partial charge in [0.05, 0.1) is 12.2 Å². The molecule has 1 aliphatic heterocycles. The number of benzene rings is 1. The van der Waals surface area contributed by atoms with Crippen LogP contribution in [0.2, 0.25) is 0 Å². The first-order chi connectivity index (χ1) is 9.53. The number of rotatable bonds is 5. The Bertz CT molecular complexity index is 448. The van der Waals surface area contributed by atoms with Gasteiger partial charge in [-0.1, -0.05) is 13.0 Å². The molecule has 1 aromatic carbocycles. The van der Waals surface area contributed by atoms with Crippen LogP contribution in [0.1, 0.15) is 32.8 Å². The second-order valence-electron chi connectivity index (χ2n) is 5.94. The van der Waals surface area contributed by atoms with Crippen LogP contribution in [0, 0.1) is 5.82 Å². The Balaban J connectivity index is 2.19. The molecule has 1 N–H and O–H groups in total. The van der Waals surface area contributed by atoms with Crippen molar-refractivity contribution in [2.45, 2.75) is 39.3 Å². The average molecular weight is 280 g/mol. The van der Waals surface area contributed by atoms with Crippen molar-refractivity contribution < 1.29 is 9.13 Å². The molecule has 112 valence electrons. The standard InChI is InChI=1S/C16H25FN2O/c1-4-8-18-11-13-14(17)6-5-7-15(13)19-9-10-20-16(2,3)12-19/h5-7,18H,4,8-12H2,1-3H3. The highest BCUT2D eigenvalue weighted by molar-refractivity contribution is 5.55. The molecule has 0 aromatic heterocycles. The summed E-state index contributed by atoms with van der Waals surface area (Å²) in [4.78, 5) is 2.23. The van der Waals surface area contributed by atoms with Crippen LogP contribution in [0.15, 0.2) is 18.2 Å². The maximum absolute atomic E-state index is 14.1. The van der Waals surface area contributed by atoms with Crippen LogP contribution in [0.25, 0.3) is 0 Å². The van der Waals surface area contributed by atoms with Crippen LogP contribution in [0.4, 0.5) is 10.1 Å². The van der Waals surface area contributed by atoms with Gasteiger partial charge in [-0.25, -0.2) is 4.39 Å². The maximum Gasteiger partial charge on any atom is 0.129 e.